The first-order valence-electron chi connectivity index (χ1n) is 9.93. The maximum atomic E-state index is 2.90. The fraction of sp³-hybridized carbons (Fsp3) is 0.727. The summed E-state index contributed by atoms with van der Waals surface area (Å²) in [7, 11) is 0. The first-order chi connectivity index (χ1) is 11.1. The fourth-order valence-electron chi connectivity index (χ4n) is 7.31. The first-order valence-corrected chi connectivity index (χ1v) is 9.93. The van der Waals surface area contributed by atoms with Gasteiger partial charge in [0.25, 0.3) is 0 Å². The maximum Gasteiger partial charge on any atom is 0.0206 e. The second-order valence-corrected chi connectivity index (χ2v) is 9.43. The molecule has 1 saturated heterocycles. The smallest absolute Gasteiger partial charge is 0.0206 e. The summed E-state index contributed by atoms with van der Waals surface area (Å²) in [6.07, 6.45) is 5.74. The Hall–Kier alpha value is -0.820. The molecule has 1 aromatic rings. The average Bonchev–Trinajstić information content (AvgIpc) is 3.07. The molecular weight excluding hydrogens is 278 g/mol. The van der Waals surface area contributed by atoms with Gasteiger partial charge in [0.1, 0.15) is 0 Å². The lowest BCUT2D eigenvalue weighted by Gasteiger charge is -2.67. The van der Waals surface area contributed by atoms with Crippen molar-refractivity contribution in [1.82, 2.24) is 4.90 Å². The summed E-state index contributed by atoms with van der Waals surface area (Å²) in [5, 5.41) is 0. The van der Waals surface area contributed by atoms with Crippen molar-refractivity contribution in [3.63, 3.8) is 0 Å². The molecule has 3 fully saturated rings. The van der Waals surface area contributed by atoms with Crippen molar-refractivity contribution in [3.05, 3.63) is 35.4 Å². The van der Waals surface area contributed by atoms with Crippen LogP contribution >= 0.6 is 0 Å². The molecule has 0 amide bonds. The molecule has 1 nitrogen and oxygen atoms in total. The lowest BCUT2D eigenvalue weighted by Crippen LogP contribution is -2.63. The molecule has 4 aliphatic carbocycles. The molecular formula is C22H31N. The van der Waals surface area contributed by atoms with Crippen LogP contribution in [0, 0.1) is 23.2 Å². The number of likely N-dealkylation sites (tertiary alicyclic amines) is 1. The number of benzene rings is 1. The lowest BCUT2D eigenvalue weighted by atomic mass is 9.40. The van der Waals surface area contributed by atoms with E-state index >= 15 is 0 Å². The van der Waals surface area contributed by atoms with Gasteiger partial charge in [-0.25, -0.2) is 0 Å². The molecule has 0 N–H and O–H groups in total. The van der Waals surface area contributed by atoms with Gasteiger partial charge in [0.2, 0.25) is 0 Å². The molecule has 3 unspecified atom stereocenters. The summed E-state index contributed by atoms with van der Waals surface area (Å²) in [6, 6.07) is 10.3. The molecule has 1 aliphatic heterocycles. The van der Waals surface area contributed by atoms with E-state index in [1.165, 1.54) is 38.8 Å². The topological polar surface area (TPSA) is 3.24 Å². The van der Waals surface area contributed by atoms with Gasteiger partial charge in [0, 0.05) is 12.0 Å². The predicted octanol–water partition coefficient (Wildman–Crippen LogP) is 5.03. The molecule has 23 heavy (non-hydrogen) atoms. The van der Waals surface area contributed by atoms with E-state index in [4.69, 9.17) is 0 Å². The van der Waals surface area contributed by atoms with Gasteiger partial charge in [-0.1, -0.05) is 51.5 Å². The number of nitrogens with zero attached hydrogens (tertiary/aromatic N) is 1. The van der Waals surface area contributed by atoms with Crippen LogP contribution in [0.25, 0.3) is 0 Å². The van der Waals surface area contributed by atoms with E-state index in [9.17, 15) is 0 Å². The second kappa shape index (κ2) is 4.85. The Balaban J connectivity index is 1.72. The van der Waals surface area contributed by atoms with Gasteiger partial charge >= 0.3 is 0 Å². The molecule has 0 radical (unpaired) electrons. The van der Waals surface area contributed by atoms with E-state index in [1.54, 1.807) is 11.1 Å². The Morgan fingerprint density at radius 3 is 2.43 bits per heavy atom. The van der Waals surface area contributed by atoms with Crippen molar-refractivity contribution in [3.8, 4) is 0 Å². The molecule has 0 spiro atoms. The van der Waals surface area contributed by atoms with Gasteiger partial charge in [0.15, 0.2) is 0 Å². The van der Waals surface area contributed by atoms with Crippen LogP contribution in [0.1, 0.15) is 69.4 Å². The zero-order valence-corrected chi connectivity index (χ0v) is 15.0. The molecule has 6 rings (SSSR count). The van der Waals surface area contributed by atoms with Crippen molar-refractivity contribution < 1.29 is 0 Å². The molecule has 1 heterocycles. The molecule has 4 bridgehead atoms. The molecule has 2 saturated carbocycles. The summed E-state index contributed by atoms with van der Waals surface area (Å²) in [5.74, 6) is 4.27. The Morgan fingerprint density at radius 2 is 1.70 bits per heavy atom. The molecule has 1 aromatic carbocycles. The first kappa shape index (κ1) is 14.5. The van der Waals surface area contributed by atoms with Crippen molar-refractivity contribution in [2.24, 2.45) is 23.2 Å². The monoisotopic (exact) mass is 309 g/mol. The summed E-state index contributed by atoms with van der Waals surface area (Å²) < 4.78 is 0. The normalized spacial score (nSPS) is 44.3. The van der Waals surface area contributed by atoms with Crippen LogP contribution in [-0.4, -0.2) is 24.0 Å². The van der Waals surface area contributed by atoms with E-state index in [-0.39, 0.29) is 0 Å². The van der Waals surface area contributed by atoms with Crippen LogP contribution in [0.15, 0.2) is 24.3 Å². The minimum atomic E-state index is 0.461. The highest BCUT2D eigenvalue weighted by Crippen LogP contribution is 2.69. The van der Waals surface area contributed by atoms with Crippen LogP contribution in [0.3, 0.4) is 0 Å². The highest BCUT2D eigenvalue weighted by molar-refractivity contribution is 5.45. The van der Waals surface area contributed by atoms with Crippen molar-refractivity contribution in [2.45, 2.75) is 64.3 Å². The predicted molar refractivity (Wildman–Crippen MR) is 95.7 cm³/mol. The Morgan fingerprint density at radius 1 is 1.00 bits per heavy atom. The van der Waals surface area contributed by atoms with Gasteiger partial charge in [-0.15, -0.1) is 0 Å². The summed E-state index contributed by atoms with van der Waals surface area (Å²) in [6.45, 7) is 10.4. The molecule has 0 aromatic heterocycles. The third kappa shape index (κ3) is 1.78. The average molecular weight is 309 g/mol. The van der Waals surface area contributed by atoms with Crippen LogP contribution in [-0.2, 0) is 0 Å². The van der Waals surface area contributed by atoms with Crippen molar-refractivity contribution >= 4 is 0 Å². The van der Waals surface area contributed by atoms with Gasteiger partial charge in [-0.05, 0) is 72.6 Å². The van der Waals surface area contributed by atoms with Gasteiger partial charge < -0.3 is 0 Å². The third-order valence-corrected chi connectivity index (χ3v) is 8.18. The quantitative estimate of drug-likeness (QED) is 0.703. The highest BCUT2D eigenvalue weighted by Gasteiger charge is 2.63. The fourth-order valence-corrected chi connectivity index (χ4v) is 7.31. The Labute approximate surface area is 141 Å². The summed E-state index contributed by atoms with van der Waals surface area (Å²) >= 11 is 0. The van der Waals surface area contributed by atoms with Gasteiger partial charge in [0.05, 0.1) is 0 Å². The van der Waals surface area contributed by atoms with E-state index in [1.807, 2.05) is 0 Å². The largest absolute Gasteiger partial charge is 0.299 e. The van der Waals surface area contributed by atoms with E-state index < -0.39 is 0 Å². The summed E-state index contributed by atoms with van der Waals surface area (Å²) in [4.78, 5) is 2.90. The van der Waals surface area contributed by atoms with Gasteiger partial charge in [-0.2, -0.15) is 0 Å². The zero-order chi connectivity index (χ0) is 15.8. The number of hydrogen-bond donors (Lipinski definition) is 0. The summed E-state index contributed by atoms with van der Waals surface area (Å²) in [5.41, 5.74) is 3.90. The van der Waals surface area contributed by atoms with Gasteiger partial charge in [-0.3, -0.25) is 4.90 Å². The minimum Gasteiger partial charge on any atom is -0.299 e. The van der Waals surface area contributed by atoms with E-state index in [0.717, 1.165) is 35.6 Å². The highest BCUT2D eigenvalue weighted by atomic mass is 15.2. The van der Waals surface area contributed by atoms with Crippen molar-refractivity contribution in [1.29, 1.82) is 0 Å². The van der Waals surface area contributed by atoms with Crippen LogP contribution in [0.4, 0.5) is 0 Å². The number of hydrogen-bond acceptors (Lipinski definition) is 1. The molecule has 124 valence electrons. The Bertz CT molecular complexity index is 612. The zero-order valence-electron chi connectivity index (χ0n) is 15.0. The SMILES string of the molecule is C[C@@H]1CC[C@H]2C3c4ccccc4C(C(N4CCCC4)[C@H]31)C2(C)C. The van der Waals surface area contributed by atoms with Crippen LogP contribution < -0.4 is 0 Å². The minimum absolute atomic E-state index is 0.461. The van der Waals surface area contributed by atoms with E-state index in [2.05, 4.69) is 49.9 Å². The van der Waals surface area contributed by atoms with Crippen molar-refractivity contribution in [2.75, 3.05) is 13.1 Å². The molecule has 5 aliphatic rings. The number of rotatable bonds is 1. The van der Waals surface area contributed by atoms with Crippen LogP contribution in [0.2, 0.25) is 0 Å². The standard InChI is InChI=1S/C22H31N/c1-14-10-11-17-19-15-8-4-5-9-16(15)20(22(17,2)3)21(18(14)19)23-12-6-7-13-23/h4-5,8-9,14,17-21H,6-7,10-13H2,1-3H3/t14-,17+,18+,19?,20?,21?/m1/s1. The Kier molecular flexibility index (Phi) is 3.06. The second-order valence-electron chi connectivity index (χ2n) is 9.43. The third-order valence-electron chi connectivity index (χ3n) is 8.18. The van der Waals surface area contributed by atoms with E-state index in [0.29, 0.717) is 5.41 Å². The molecule has 6 atom stereocenters. The maximum absolute atomic E-state index is 2.90. The molecule has 1 heteroatoms. The van der Waals surface area contributed by atoms with Crippen LogP contribution in [0.5, 0.6) is 0 Å². The lowest BCUT2D eigenvalue weighted by molar-refractivity contribution is -0.0931.